The van der Waals surface area contributed by atoms with Gasteiger partial charge >= 0.3 is 0 Å². The molecule has 0 aliphatic heterocycles. The van der Waals surface area contributed by atoms with Crippen molar-refractivity contribution in [2.24, 2.45) is 0 Å². The number of rotatable bonds is 0. The maximum Gasteiger partial charge on any atom is 0.0919 e. The average Bonchev–Trinajstić information content (AvgIpc) is 1.76. The van der Waals surface area contributed by atoms with Crippen LogP contribution in [0.15, 0.2) is 18.7 Å². The molecule has 1 aromatic rings. The Labute approximate surface area is 78.1 Å². The molecule has 2 nitrogen and oxygen atoms in total. The normalized spacial score (nSPS) is 5.71. The van der Waals surface area contributed by atoms with Crippen LogP contribution in [0.1, 0.15) is 0 Å². The zero-order chi connectivity index (χ0) is 3.54. The van der Waals surface area contributed by atoms with Gasteiger partial charge in [0.1, 0.15) is 0 Å². The molecule has 0 amide bonds. The fourth-order valence-electron chi connectivity index (χ4n) is 0.215. The monoisotopic (exact) mass is 184 g/mol. The molecule has 0 aliphatic carbocycles. The van der Waals surface area contributed by atoms with Crippen LogP contribution >= 0.6 is 0 Å². The summed E-state index contributed by atoms with van der Waals surface area (Å²) in [6, 6.07) is 0. The van der Waals surface area contributed by atoms with E-state index in [9.17, 15) is 0 Å². The third kappa shape index (κ3) is 4.70. The maximum absolute atomic E-state index is 3.67. The van der Waals surface area contributed by atoms with Crippen molar-refractivity contribution >= 4 is 17.4 Å². The van der Waals surface area contributed by atoms with Crippen LogP contribution in [-0.2, 0) is 32.7 Å². The first-order valence-corrected chi connectivity index (χ1v) is 1.43. The van der Waals surface area contributed by atoms with Crippen LogP contribution < -0.4 is 0 Å². The Morgan fingerprint density at radius 2 is 2.14 bits per heavy atom. The fraction of sp³-hybridized carbons (Fsp3) is 0. The predicted octanol–water partition coefficient (Wildman–Crippen LogP) is 0.0264. The Kier molecular flexibility index (Phi) is 10.5. The molecule has 0 atom stereocenters. The van der Waals surface area contributed by atoms with E-state index in [2.05, 4.69) is 9.97 Å². The summed E-state index contributed by atoms with van der Waals surface area (Å²) in [5.74, 6) is 0. The molecule has 0 spiro atoms. The van der Waals surface area contributed by atoms with Crippen molar-refractivity contribution in [2.45, 2.75) is 0 Å². The number of nitrogens with zero attached hydrogens (tertiary/aromatic N) is 1. The van der Waals surface area contributed by atoms with Gasteiger partial charge in [-0.25, -0.2) is 4.98 Å². The molecule has 0 aromatic carbocycles. The Bertz CT molecular complexity index is 69.4. The van der Waals surface area contributed by atoms with E-state index in [0.29, 0.717) is 0 Å². The van der Waals surface area contributed by atoms with Gasteiger partial charge in [-0.1, -0.05) is 0 Å². The van der Waals surface area contributed by atoms with E-state index in [4.69, 9.17) is 0 Å². The second kappa shape index (κ2) is 6.85. The van der Waals surface area contributed by atoms with Gasteiger partial charge in [0, 0.05) is 62.5 Å². The molecule has 1 rings (SSSR count). The van der Waals surface area contributed by atoms with E-state index in [-0.39, 0.29) is 50.1 Å². The van der Waals surface area contributed by atoms with E-state index in [1.807, 2.05) is 0 Å². The smallest absolute Gasteiger partial charge is 0.0919 e. The maximum atomic E-state index is 3.67. The second-order valence-electron chi connectivity index (χ2n) is 0.761. The summed E-state index contributed by atoms with van der Waals surface area (Å²) in [6.07, 6.45) is 5.08. The van der Waals surface area contributed by atoms with Crippen molar-refractivity contribution in [1.29, 1.82) is 0 Å². The van der Waals surface area contributed by atoms with E-state index < -0.39 is 0 Å². The summed E-state index contributed by atoms with van der Waals surface area (Å²) < 4.78 is 0. The van der Waals surface area contributed by atoms with Gasteiger partial charge in [0.15, 0.2) is 0 Å². The average molecular weight is 184 g/mol. The van der Waals surface area contributed by atoms with E-state index in [1.54, 1.807) is 18.7 Å². The van der Waals surface area contributed by atoms with Crippen molar-refractivity contribution in [2.75, 3.05) is 0 Å². The van der Waals surface area contributed by atoms with Crippen LogP contribution in [0.2, 0.25) is 0 Å². The molecule has 4 heteroatoms. The topological polar surface area (TPSA) is 28.7 Å². The number of aromatic nitrogens is 2. The van der Waals surface area contributed by atoms with Crippen molar-refractivity contribution in [3.8, 4) is 0 Å². The Morgan fingerprint density at radius 1 is 1.43 bits per heavy atom. The number of hydrogen-bond donors (Lipinski definition) is 1. The largest absolute Gasteiger partial charge is 0.351 e. The van der Waals surface area contributed by atoms with E-state index in [0.717, 1.165) is 0 Å². The molecule has 0 aliphatic rings. The van der Waals surface area contributed by atoms with Crippen LogP contribution in [0.3, 0.4) is 0 Å². The first kappa shape index (κ1) is 10.8. The molecule has 0 saturated heterocycles. The fourth-order valence-corrected chi connectivity index (χ4v) is 0.215. The minimum absolute atomic E-state index is 0. The van der Waals surface area contributed by atoms with Crippen molar-refractivity contribution in [3.63, 3.8) is 0 Å². The molecule has 4 radical (unpaired) electrons. The number of H-pyrrole nitrogens is 1. The minimum Gasteiger partial charge on any atom is -0.351 e. The summed E-state index contributed by atoms with van der Waals surface area (Å²) in [7, 11) is 0. The molecule has 0 fully saturated rings. The van der Waals surface area contributed by atoms with E-state index in [1.165, 1.54) is 0 Å². The number of hydrogen-bond acceptors (Lipinski definition) is 1. The molecule has 0 saturated carbocycles. The minimum atomic E-state index is 0. The van der Waals surface area contributed by atoms with Gasteiger partial charge < -0.3 is 4.98 Å². The summed E-state index contributed by atoms with van der Waals surface area (Å²) in [5, 5.41) is 0. The van der Waals surface area contributed by atoms with Crippen LogP contribution in [0.5, 0.6) is 0 Å². The quantitative estimate of drug-likeness (QED) is 0.566. The third-order valence-electron chi connectivity index (χ3n) is 0.406. The molecule has 32 valence electrons. The van der Waals surface area contributed by atoms with Gasteiger partial charge in [0.05, 0.1) is 6.33 Å². The molecule has 1 N–H and O–H groups in total. The van der Waals surface area contributed by atoms with Gasteiger partial charge in [0.2, 0.25) is 0 Å². The molecule has 7 heavy (non-hydrogen) atoms. The van der Waals surface area contributed by atoms with Gasteiger partial charge in [-0.15, -0.1) is 0 Å². The van der Waals surface area contributed by atoms with Gasteiger partial charge in [-0.05, 0) is 0 Å². The van der Waals surface area contributed by atoms with Crippen LogP contribution in [0.25, 0.3) is 0 Å². The molecule has 1 heterocycles. The van der Waals surface area contributed by atoms with Gasteiger partial charge in [0.25, 0.3) is 0 Å². The van der Waals surface area contributed by atoms with Crippen molar-refractivity contribution in [1.82, 2.24) is 9.97 Å². The first-order chi connectivity index (χ1) is 2.50. The Hall–Kier alpha value is 0.846. The van der Waals surface area contributed by atoms with Crippen LogP contribution in [0.4, 0.5) is 0 Å². The molecule has 0 unspecified atom stereocenters. The van der Waals surface area contributed by atoms with Gasteiger partial charge in [-0.2, -0.15) is 0 Å². The zero-order valence-corrected chi connectivity index (χ0v) is 7.83. The molecule has 0 bridgehead atoms. The molecular weight excluding hydrogens is 180 g/mol. The summed E-state index contributed by atoms with van der Waals surface area (Å²) in [5.41, 5.74) is 0. The molecule has 1 aromatic heterocycles. The number of imidazole rings is 1. The molecular formula is C3H4AlN2Y. The third-order valence-corrected chi connectivity index (χ3v) is 0.406. The zero-order valence-electron chi connectivity index (χ0n) is 3.83. The van der Waals surface area contributed by atoms with Crippen LogP contribution in [-0.4, -0.2) is 27.3 Å². The van der Waals surface area contributed by atoms with Gasteiger partial charge in [-0.3, -0.25) is 0 Å². The van der Waals surface area contributed by atoms with Crippen molar-refractivity contribution in [3.05, 3.63) is 18.7 Å². The number of nitrogens with one attached hydrogen (secondary N) is 1. The SMILES string of the molecule is [Al].[Y].c1c[nH]cn1. The first-order valence-electron chi connectivity index (χ1n) is 1.43. The van der Waals surface area contributed by atoms with Crippen molar-refractivity contribution < 1.29 is 32.7 Å². The summed E-state index contributed by atoms with van der Waals surface area (Å²) in [4.78, 5) is 6.42. The standard InChI is InChI=1S/C3H4N2.Al.Y/c1-2-5-3-4-1;;/h1-3H,(H,4,5);;. The second-order valence-corrected chi connectivity index (χ2v) is 0.761. The Balaban J connectivity index is 0. The summed E-state index contributed by atoms with van der Waals surface area (Å²) >= 11 is 0. The predicted molar refractivity (Wildman–Crippen MR) is 24.3 cm³/mol. The summed E-state index contributed by atoms with van der Waals surface area (Å²) in [6.45, 7) is 0. The Morgan fingerprint density at radius 3 is 2.29 bits per heavy atom. The van der Waals surface area contributed by atoms with Crippen LogP contribution in [0, 0.1) is 0 Å². The number of aromatic amines is 1. The van der Waals surface area contributed by atoms with E-state index >= 15 is 0 Å².